The number of carbonyl (C=O) groups is 1. The number of rotatable bonds is 2. The average Bonchev–Trinajstić information content (AvgIpc) is 3.01. The van der Waals surface area contributed by atoms with E-state index in [0.29, 0.717) is 24.9 Å². The number of nitrogens with one attached hydrogen (secondary N) is 1. The van der Waals surface area contributed by atoms with Crippen molar-refractivity contribution in [2.45, 2.75) is 6.92 Å². The third-order valence-electron chi connectivity index (χ3n) is 4.36. The SMILES string of the molecule is Cc1cc([N+](=O)[O-])cc(C(=O)N2CC3CNCC3C2)c1F. The molecular formula is C14H16FN3O3. The number of hydrogen-bond acceptors (Lipinski definition) is 4. The lowest BCUT2D eigenvalue weighted by Gasteiger charge is -2.18. The number of nitro groups is 1. The van der Waals surface area contributed by atoms with Crippen molar-refractivity contribution in [2.24, 2.45) is 11.8 Å². The summed E-state index contributed by atoms with van der Waals surface area (Å²) in [6, 6.07) is 2.19. The van der Waals surface area contributed by atoms with Crippen molar-refractivity contribution in [3.8, 4) is 0 Å². The van der Waals surface area contributed by atoms with Crippen LogP contribution in [0.5, 0.6) is 0 Å². The molecule has 2 fully saturated rings. The minimum absolute atomic E-state index is 0.119. The van der Waals surface area contributed by atoms with Gasteiger partial charge in [-0.2, -0.15) is 0 Å². The Labute approximate surface area is 121 Å². The number of fused-ring (bicyclic) bond motifs is 1. The fourth-order valence-electron chi connectivity index (χ4n) is 3.20. The van der Waals surface area contributed by atoms with Crippen molar-refractivity contribution in [1.82, 2.24) is 10.2 Å². The Kier molecular flexibility index (Phi) is 3.36. The molecule has 2 saturated heterocycles. The van der Waals surface area contributed by atoms with Crippen LogP contribution in [0.25, 0.3) is 0 Å². The maximum absolute atomic E-state index is 14.2. The summed E-state index contributed by atoms with van der Waals surface area (Å²) in [4.78, 5) is 24.3. The van der Waals surface area contributed by atoms with Crippen molar-refractivity contribution in [3.63, 3.8) is 0 Å². The molecule has 112 valence electrons. The summed E-state index contributed by atoms with van der Waals surface area (Å²) in [6.07, 6.45) is 0. The lowest BCUT2D eigenvalue weighted by molar-refractivity contribution is -0.385. The van der Waals surface area contributed by atoms with Crippen LogP contribution >= 0.6 is 0 Å². The summed E-state index contributed by atoms with van der Waals surface area (Å²) in [5.41, 5.74) is -0.332. The number of nitro benzene ring substituents is 1. The van der Waals surface area contributed by atoms with Crippen molar-refractivity contribution in [2.75, 3.05) is 26.2 Å². The van der Waals surface area contributed by atoms with E-state index in [9.17, 15) is 19.3 Å². The fraction of sp³-hybridized carbons (Fsp3) is 0.500. The molecule has 2 atom stereocenters. The van der Waals surface area contributed by atoms with Crippen molar-refractivity contribution >= 4 is 11.6 Å². The van der Waals surface area contributed by atoms with Crippen LogP contribution in [0, 0.1) is 34.7 Å². The second-order valence-electron chi connectivity index (χ2n) is 5.77. The maximum atomic E-state index is 14.2. The molecule has 1 aromatic carbocycles. The first-order valence-corrected chi connectivity index (χ1v) is 6.92. The van der Waals surface area contributed by atoms with Gasteiger partial charge in [-0.3, -0.25) is 14.9 Å². The highest BCUT2D eigenvalue weighted by Crippen LogP contribution is 2.29. The second-order valence-corrected chi connectivity index (χ2v) is 5.77. The summed E-state index contributed by atoms with van der Waals surface area (Å²) < 4.78 is 14.2. The van der Waals surface area contributed by atoms with Crippen LogP contribution in [0.2, 0.25) is 0 Å². The molecule has 0 bridgehead atoms. The zero-order valence-electron chi connectivity index (χ0n) is 11.6. The van der Waals surface area contributed by atoms with E-state index in [4.69, 9.17) is 0 Å². The third kappa shape index (κ3) is 2.37. The van der Waals surface area contributed by atoms with Crippen molar-refractivity contribution < 1.29 is 14.1 Å². The monoisotopic (exact) mass is 293 g/mol. The predicted octanol–water partition coefficient (Wildman–Crippen LogP) is 1.33. The number of halogens is 1. The van der Waals surface area contributed by atoms with E-state index in [1.165, 1.54) is 6.92 Å². The van der Waals surface area contributed by atoms with Gasteiger partial charge in [-0.15, -0.1) is 0 Å². The number of carbonyl (C=O) groups excluding carboxylic acids is 1. The smallest absolute Gasteiger partial charge is 0.270 e. The van der Waals surface area contributed by atoms with Gasteiger partial charge in [-0.25, -0.2) is 4.39 Å². The predicted molar refractivity (Wildman–Crippen MR) is 73.5 cm³/mol. The lowest BCUT2D eigenvalue weighted by Crippen LogP contribution is -2.32. The molecule has 1 N–H and O–H groups in total. The molecule has 21 heavy (non-hydrogen) atoms. The third-order valence-corrected chi connectivity index (χ3v) is 4.36. The number of non-ortho nitro benzene ring substituents is 1. The van der Waals surface area contributed by atoms with E-state index in [-0.39, 0.29) is 16.8 Å². The molecule has 0 radical (unpaired) electrons. The Morgan fingerprint density at radius 2 is 2.00 bits per heavy atom. The van der Waals surface area contributed by atoms with E-state index in [1.54, 1.807) is 4.90 Å². The fourth-order valence-corrected chi connectivity index (χ4v) is 3.20. The quantitative estimate of drug-likeness (QED) is 0.659. The van der Waals surface area contributed by atoms with Crippen LogP contribution in [-0.4, -0.2) is 41.9 Å². The summed E-state index contributed by atoms with van der Waals surface area (Å²) in [7, 11) is 0. The summed E-state index contributed by atoms with van der Waals surface area (Å²) in [5.74, 6) is -0.317. The van der Waals surface area contributed by atoms with Gasteiger partial charge < -0.3 is 10.2 Å². The highest BCUT2D eigenvalue weighted by atomic mass is 19.1. The van der Waals surface area contributed by atoms with Gasteiger partial charge >= 0.3 is 0 Å². The molecular weight excluding hydrogens is 277 g/mol. The molecule has 2 heterocycles. The minimum Gasteiger partial charge on any atom is -0.338 e. The van der Waals surface area contributed by atoms with E-state index >= 15 is 0 Å². The number of likely N-dealkylation sites (tertiary alicyclic amines) is 1. The maximum Gasteiger partial charge on any atom is 0.270 e. The normalized spacial score (nSPS) is 24.2. The van der Waals surface area contributed by atoms with E-state index in [0.717, 1.165) is 25.2 Å². The Morgan fingerprint density at radius 1 is 1.38 bits per heavy atom. The number of amides is 1. The largest absolute Gasteiger partial charge is 0.338 e. The van der Waals surface area contributed by atoms with Crippen molar-refractivity contribution in [1.29, 1.82) is 0 Å². The molecule has 0 aromatic heterocycles. The van der Waals surface area contributed by atoms with E-state index in [2.05, 4.69) is 5.32 Å². The number of nitrogens with zero attached hydrogens (tertiary/aromatic N) is 2. The van der Waals surface area contributed by atoms with Crippen molar-refractivity contribution in [3.05, 3.63) is 39.2 Å². The van der Waals surface area contributed by atoms with Gasteiger partial charge in [0, 0.05) is 38.3 Å². The molecule has 1 aromatic rings. The number of aryl methyl sites for hydroxylation is 1. The molecule has 2 aliphatic rings. The number of benzene rings is 1. The van der Waals surface area contributed by atoms with E-state index < -0.39 is 16.6 Å². The van der Waals surface area contributed by atoms with Gasteiger partial charge in [0.25, 0.3) is 11.6 Å². The zero-order valence-corrected chi connectivity index (χ0v) is 11.6. The van der Waals surface area contributed by atoms with Gasteiger partial charge in [0.15, 0.2) is 0 Å². The molecule has 2 unspecified atom stereocenters. The summed E-state index contributed by atoms with van der Waals surface area (Å²) in [5, 5.41) is 14.1. The van der Waals surface area contributed by atoms with Crippen LogP contribution < -0.4 is 5.32 Å². The van der Waals surface area contributed by atoms with E-state index in [1.807, 2.05) is 0 Å². The van der Waals surface area contributed by atoms with Crippen LogP contribution in [0.15, 0.2) is 12.1 Å². The Balaban J connectivity index is 1.89. The Morgan fingerprint density at radius 3 is 2.57 bits per heavy atom. The highest BCUT2D eigenvalue weighted by molar-refractivity contribution is 5.95. The highest BCUT2D eigenvalue weighted by Gasteiger charge is 2.39. The second kappa shape index (κ2) is 5.07. The first kappa shape index (κ1) is 13.9. The van der Waals surface area contributed by atoms with Crippen LogP contribution in [0.1, 0.15) is 15.9 Å². The molecule has 7 heteroatoms. The Hall–Kier alpha value is -2.02. The number of hydrogen-bond donors (Lipinski definition) is 1. The summed E-state index contributed by atoms with van der Waals surface area (Å²) >= 11 is 0. The first-order valence-electron chi connectivity index (χ1n) is 6.92. The zero-order chi connectivity index (χ0) is 15.1. The molecule has 0 aliphatic carbocycles. The average molecular weight is 293 g/mol. The molecule has 0 spiro atoms. The van der Waals surface area contributed by atoms with Crippen LogP contribution in [-0.2, 0) is 0 Å². The van der Waals surface area contributed by atoms with Gasteiger partial charge in [0.05, 0.1) is 10.5 Å². The van der Waals surface area contributed by atoms with Crippen LogP contribution in [0.4, 0.5) is 10.1 Å². The first-order chi connectivity index (χ1) is 9.97. The Bertz CT molecular complexity index is 608. The van der Waals surface area contributed by atoms with Crippen LogP contribution in [0.3, 0.4) is 0 Å². The molecule has 3 rings (SSSR count). The summed E-state index contributed by atoms with van der Waals surface area (Å²) in [6.45, 7) is 4.33. The topological polar surface area (TPSA) is 75.5 Å². The lowest BCUT2D eigenvalue weighted by atomic mass is 10.0. The van der Waals surface area contributed by atoms with Gasteiger partial charge in [-0.1, -0.05) is 0 Å². The molecule has 2 aliphatic heterocycles. The van der Waals surface area contributed by atoms with Gasteiger partial charge in [0.1, 0.15) is 5.82 Å². The molecule has 6 nitrogen and oxygen atoms in total. The van der Waals surface area contributed by atoms with Gasteiger partial charge in [-0.05, 0) is 24.3 Å². The molecule has 0 saturated carbocycles. The standard InChI is InChI=1S/C14H16FN3O3/c1-8-2-11(18(20)21)3-12(13(8)15)14(19)17-6-9-4-16-5-10(9)7-17/h2-3,9-10,16H,4-7H2,1H3. The molecule has 1 amide bonds. The van der Waals surface area contributed by atoms with Gasteiger partial charge in [0.2, 0.25) is 0 Å². The minimum atomic E-state index is -0.666.